The Morgan fingerprint density at radius 3 is 2.33 bits per heavy atom. The van der Waals surface area contributed by atoms with Crippen LogP contribution < -0.4 is 21.1 Å². The van der Waals surface area contributed by atoms with Crippen molar-refractivity contribution < 1.29 is 13.9 Å². The summed E-state index contributed by atoms with van der Waals surface area (Å²) in [6.45, 7) is 0.762. The van der Waals surface area contributed by atoms with Crippen molar-refractivity contribution in [3.63, 3.8) is 0 Å². The number of nitrogens with two attached hydrogens (primary N) is 1. The van der Waals surface area contributed by atoms with E-state index < -0.39 is 0 Å². The summed E-state index contributed by atoms with van der Waals surface area (Å²) in [5, 5.41) is 19.6. The number of carbonyl (C=O) groups excluding carboxylic acids is 1. The Hall–Kier alpha value is -4.84. The molecule has 1 aromatic heterocycles. The third-order valence-electron chi connectivity index (χ3n) is 5.41. The number of amides is 2. The molecule has 0 spiro atoms. The molecule has 0 fully saturated rings. The van der Waals surface area contributed by atoms with E-state index in [0.29, 0.717) is 54.5 Å². The van der Waals surface area contributed by atoms with Crippen LogP contribution in [-0.4, -0.2) is 22.4 Å². The molecule has 0 radical (unpaired) electrons. The van der Waals surface area contributed by atoms with Gasteiger partial charge in [0.15, 0.2) is 0 Å². The number of hydrogen-bond acceptors (Lipinski definition) is 5. The second-order valence-corrected chi connectivity index (χ2v) is 7.98. The first-order valence-corrected chi connectivity index (χ1v) is 11.4. The topological polar surface area (TPSA) is 118 Å². The van der Waals surface area contributed by atoms with Gasteiger partial charge in [-0.05, 0) is 66.9 Å². The van der Waals surface area contributed by atoms with Crippen LogP contribution in [0.1, 0.15) is 23.2 Å². The number of para-hydroxylation sites is 1. The lowest BCUT2D eigenvalue weighted by Gasteiger charge is -2.09. The highest BCUT2D eigenvalue weighted by Crippen LogP contribution is 2.22. The molecule has 4 N–H and O–H groups in total. The van der Waals surface area contributed by atoms with Gasteiger partial charge < -0.3 is 21.1 Å². The molecule has 36 heavy (non-hydrogen) atoms. The first kappa shape index (κ1) is 24.3. The van der Waals surface area contributed by atoms with Gasteiger partial charge in [-0.3, -0.25) is 0 Å². The van der Waals surface area contributed by atoms with Crippen molar-refractivity contribution >= 4 is 11.8 Å². The number of aromatic nitrogens is 2. The molecule has 9 heteroatoms. The Kier molecular flexibility index (Phi) is 7.78. The molecule has 3 aromatic carbocycles. The van der Waals surface area contributed by atoms with Crippen molar-refractivity contribution in [2.75, 3.05) is 12.3 Å². The van der Waals surface area contributed by atoms with E-state index in [0.717, 1.165) is 11.3 Å². The van der Waals surface area contributed by atoms with Gasteiger partial charge in [0, 0.05) is 13.1 Å². The van der Waals surface area contributed by atoms with E-state index in [4.69, 9.17) is 10.5 Å². The number of urea groups is 1. The first-order chi connectivity index (χ1) is 17.5. The highest BCUT2D eigenvalue weighted by atomic mass is 19.1. The molecule has 0 unspecified atom stereocenters. The Morgan fingerprint density at radius 1 is 1.00 bits per heavy atom. The van der Waals surface area contributed by atoms with Crippen molar-refractivity contribution in [3.8, 4) is 23.3 Å². The second-order valence-electron chi connectivity index (χ2n) is 7.98. The number of benzene rings is 3. The molecule has 182 valence electrons. The summed E-state index contributed by atoms with van der Waals surface area (Å²) in [6.07, 6.45) is 1.10. The lowest BCUT2D eigenvalue weighted by atomic mass is 10.1. The van der Waals surface area contributed by atoms with E-state index in [1.807, 2.05) is 42.5 Å². The van der Waals surface area contributed by atoms with Crippen LogP contribution in [0.15, 0.2) is 78.9 Å². The van der Waals surface area contributed by atoms with Gasteiger partial charge in [0.1, 0.15) is 34.8 Å². The summed E-state index contributed by atoms with van der Waals surface area (Å²) in [5.74, 6) is 1.14. The van der Waals surface area contributed by atoms with Crippen molar-refractivity contribution in [1.82, 2.24) is 20.4 Å². The number of ether oxygens (including phenoxy) is 1. The number of nitrogens with one attached hydrogen (secondary N) is 2. The minimum absolute atomic E-state index is 0.295. The van der Waals surface area contributed by atoms with Gasteiger partial charge in [0.05, 0.1) is 11.4 Å². The standard InChI is InChI=1S/C27H25FN6O2/c28-20-10-14-23(15-11-20)36-22-12-8-19(9-13-22)18-32-27(35)31-16-4-7-25-24(17-29)26(30)34(33-25)21-5-2-1-3-6-21/h1-3,5-6,8-15H,4,7,16,18,30H2,(H2,31,32,35). The molecule has 0 saturated carbocycles. The highest BCUT2D eigenvalue weighted by molar-refractivity contribution is 5.73. The molecule has 0 saturated heterocycles. The monoisotopic (exact) mass is 484 g/mol. The lowest BCUT2D eigenvalue weighted by molar-refractivity contribution is 0.240. The molecular weight excluding hydrogens is 459 g/mol. The molecule has 4 rings (SSSR count). The Labute approximate surface area is 208 Å². The molecule has 0 aliphatic heterocycles. The van der Waals surface area contributed by atoms with E-state index in [9.17, 15) is 14.4 Å². The summed E-state index contributed by atoms with van der Waals surface area (Å²) in [4.78, 5) is 12.2. The van der Waals surface area contributed by atoms with Crippen LogP contribution in [-0.2, 0) is 13.0 Å². The van der Waals surface area contributed by atoms with Crippen LogP contribution in [0.3, 0.4) is 0 Å². The predicted octanol–water partition coefficient (Wildman–Crippen LogP) is 4.69. The summed E-state index contributed by atoms with van der Waals surface area (Å²) in [5.41, 5.74) is 8.76. The van der Waals surface area contributed by atoms with Gasteiger partial charge in [-0.1, -0.05) is 30.3 Å². The van der Waals surface area contributed by atoms with E-state index >= 15 is 0 Å². The Morgan fingerprint density at radius 2 is 1.67 bits per heavy atom. The maximum absolute atomic E-state index is 13.0. The first-order valence-electron chi connectivity index (χ1n) is 11.4. The zero-order valence-electron chi connectivity index (χ0n) is 19.4. The molecule has 4 aromatic rings. The summed E-state index contributed by atoms with van der Waals surface area (Å²) >= 11 is 0. The average molecular weight is 485 g/mol. The van der Waals surface area contributed by atoms with Gasteiger partial charge >= 0.3 is 6.03 Å². The zero-order valence-corrected chi connectivity index (χ0v) is 19.4. The Bertz CT molecular complexity index is 1350. The number of rotatable bonds is 9. The van der Waals surface area contributed by atoms with E-state index in [1.165, 1.54) is 12.1 Å². The predicted molar refractivity (Wildman–Crippen MR) is 134 cm³/mol. The van der Waals surface area contributed by atoms with Crippen molar-refractivity contribution in [2.24, 2.45) is 0 Å². The smallest absolute Gasteiger partial charge is 0.315 e. The van der Waals surface area contributed by atoms with Gasteiger partial charge in [0.2, 0.25) is 0 Å². The average Bonchev–Trinajstić information content (AvgIpc) is 3.23. The van der Waals surface area contributed by atoms with Gasteiger partial charge in [-0.25, -0.2) is 13.9 Å². The summed E-state index contributed by atoms with van der Waals surface area (Å²) in [6, 6.07) is 24.2. The van der Waals surface area contributed by atoms with Gasteiger partial charge in [-0.15, -0.1) is 0 Å². The highest BCUT2D eigenvalue weighted by Gasteiger charge is 2.16. The molecule has 1 heterocycles. The largest absolute Gasteiger partial charge is 0.457 e. The number of hydrogen-bond donors (Lipinski definition) is 3. The zero-order chi connectivity index (χ0) is 25.3. The van der Waals surface area contributed by atoms with Crippen LogP contribution in [0.5, 0.6) is 11.5 Å². The van der Waals surface area contributed by atoms with Crippen LogP contribution in [0.4, 0.5) is 15.0 Å². The minimum atomic E-state index is -0.322. The Balaban J connectivity index is 1.21. The molecule has 0 bridgehead atoms. The van der Waals surface area contributed by atoms with Gasteiger partial charge in [0.25, 0.3) is 0 Å². The fraction of sp³-hybridized carbons (Fsp3) is 0.148. The maximum atomic E-state index is 13.0. The lowest BCUT2D eigenvalue weighted by Crippen LogP contribution is -2.35. The fourth-order valence-corrected chi connectivity index (χ4v) is 3.56. The molecule has 2 amide bonds. The quantitative estimate of drug-likeness (QED) is 0.298. The third-order valence-corrected chi connectivity index (χ3v) is 5.41. The molecule has 8 nitrogen and oxygen atoms in total. The second kappa shape index (κ2) is 11.5. The SMILES string of the molecule is N#Cc1c(CCCNC(=O)NCc2ccc(Oc3ccc(F)cc3)cc2)nn(-c2ccccc2)c1N. The van der Waals surface area contributed by atoms with Crippen LogP contribution in [0.2, 0.25) is 0 Å². The van der Waals surface area contributed by atoms with Crippen LogP contribution in [0, 0.1) is 17.1 Å². The molecular formula is C27H25FN6O2. The minimum Gasteiger partial charge on any atom is -0.457 e. The number of carbonyl (C=O) groups is 1. The van der Waals surface area contributed by atoms with Crippen LogP contribution in [0.25, 0.3) is 5.69 Å². The number of anilines is 1. The van der Waals surface area contributed by atoms with Crippen molar-refractivity contribution in [2.45, 2.75) is 19.4 Å². The maximum Gasteiger partial charge on any atom is 0.315 e. The third kappa shape index (κ3) is 6.18. The van der Waals surface area contributed by atoms with Crippen LogP contribution >= 0.6 is 0 Å². The fourth-order valence-electron chi connectivity index (χ4n) is 3.56. The summed E-state index contributed by atoms with van der Waals surface area (Å²) < 4.78 is 20.2. The number of nitriles is 1. The van der Waals surface area contributed by atoms with Gasteiger partial charge in [-0.2, -0.15) is 10.4 Å². The number of nitrogen functional groups attached to an aromatic ring is 1. The van der Waals surface area contributed by atoms with Crippen molar-refractivity contribution in [3.05, 3.63) is 102 Å². The van der Waals surface area contributed by atoms with Crippen molar-refractivity contribution in [1.29, 1.82) is 5.26 Å². The molecule has 0 atom stereocenters. The van der Waals surface area contributed by atoms with E-state index in [1.54, 1.807) is 28.9 Å². The number of aryl methyl sites for hydroxylation is 1. The number of nitrogens with zero attached hydrogens (tertiary/aromatic N) is 3. The summed E-state index contributed by atoms with van der Waals surface area (Å²) in [7, 11) is 0. The molecule has 0 aliphatic rings. The normalized spacial score (nSPS) is 10.4. The van der Waals surface area contributed by atoms with E-state index in [2.05, 4.69) is 21.8 Å². The molecule has 0 aliphatic carbocycles. The number of halogens is 1. The van der Waals surface area contributed by atoms with E-state index in [-0.39, 0.29) is 11.8 Å².